The Morgan fingerprint density at radius 2 is 1.80 bits per heavy atom. The summed E-state index contributed by atoms with van der Waals surface area (Å²) in [7, 11) is 1.27. The molecule has 1 aliphatic heterocycles. The van der Waals surface area contributed by atoms with Crippen LogP contribution in [0.15, 0.2) is 54.6 Å². The molecular formula is C27H22Cl2F3N3O6. The van der Waals surface area contributed by atoms with Gasteiger partial charge in [0, 0.05) is 29.1 Å². The fourth-order valence-corrected chi connectivity index (χ4v) is 4.81. The minimum atomic E-state index is -3.87. The molecule has 0 saturated carbocycles. The first-order valence-electron chi connectivity index (χ1n) is 11.9. The Hall–Kier alpha value is -4.00. The van der Waals surface area contributed by atoms with Crippen LogP contribution in [0.1, 0.15) is 32.7 Å². The molecule has 3 aromatic carbocycles. The van der Waals surface area contributed by atoms with Gasteiger partial charge in [0.1, 0.15) is 11.6 Å². The fraction of sp³-hybridized carbons (Fsp3) is 0.222. The first-order chi connectivity index (χ1) is 19.3. The van der Waals surface area contributed by atoms with E-state index in [1.54, 1.807) is 5.32 Å². The van der Waals surface area contributed by atoms with Crippen molar-refractivity contribution in [1.29, 1.82) is 0 Å². The Labute approximate surface area is 241 Å². The number of aliphatic hydroxyl groups is 1. The number of methoxy groups -OCH3 is 1. The van der Waals surface area contributed by atoms with Gasteiger partial charge in [-0.1, -0.05) is 23.2 Å². The first kappa shape index (κ1) is 30.0. The maximum absolute atomic E-state index is 15.3. The summed E-state index contributed by atoms with van der Waals surface area (Å²) in [5.41, 5.74) is -3.63. The van der Waals surface area contributed by atoms with Crippen molar-refractivity contribution in [1.82, 2.24) is 5.32 Å². The molecule has 4 rings (SSSR count). The van der Waals surface area contributed by atoms with Crippen LogP contribution in [0.2, 0.25) is 10.0 Å². The number of nitrogens with one attached hydrogen (secondary N) is 2. The maximum atomic E-state index is 15.3. The number of hydrogen-bond acceptors (Lipinski definition) is 5. The molecule has 0 bridgehead atoms. The van der Waals surface area contributed by atoms with Crippen LogP contribution in [-0.2, 0) is 5.60 Å². The van der Waals surface area contributed by atoms with Gasteiger partial charge in [0.05, 0.1) is 35.6 Å². The quantitative estimate of drug-likeness (QED) is 0.290. The van der Waals surface area contributed by atoms with Crippen LogP contribution in [0.25, 0.3) is 0 Å². The summed E-state index contributed by atoms with van der Waals surface area (Å²) >= 11 is 12.0. The second-order valence-corrected chi connectivity index (χ2v) is 9.93. The summed E-state index contributed by atoms with van der Waals surface area (Å²) in [4.78, 5) is 38.4. The molecule has 0 fully saturated rings. The van der Waals surface area contributed by atoms with E-state index in [1.165, 1.54) is 43.5 Å². The molecule has 1 unspecified atom stereocenters. The van der Waals surface area contributed by atoms with Crippen molar-refractivity contribution in [2.24, 2.45) is 0 Å². The highest BCUT2D eigenvalue weighted by Crippen LogP contribution is 2.47. The molecule has 1 heterocycles. The van der Waals surface area contributed by atoms with Crippen LogP contribution in [0, 0.1) is 5.82 Å². The summed E-state index contributed by atoms with van der Waals surface area (Å²) in [6.45, 7) is -1.61. The highest BCUT2D eigenvalue weighted by Gasteiger charge is 2.57. The van der Waals surface area contributed by atoms with Gasteiger partial charge in [-0.3, -0.25) is 9.59 Å². The van der Waals surface area contributed by atoms with Gasteiger partial charge in [-0.05, 0) is 54.6 Å². The van der Waals surface area contributed by atoms with Crippen molar-refractivity contribution >= 4 is 52.5 Å². The Kier molecular flexibility index (Phi) is 8.39. The molecule has 0 radical (unpaired) electrons. The Morgan fingerprint density at radius 3 is 2.49 bits per heavy atom. The highest BCUT2D eigenvalue weighted by atomic mass is 35.5. The summed E-state index contributed by atoms with van der Waals surface area (Å²) < 4.78 is 49.6. The molecule has 41 heavy (non-hydrogen) atoms. The number of carbonyl (C=O) groups excluding carboxylic acids is 2. The lowest BCUT2D eigenvalue weighted by molar-refractivity contribution is -0.184. The monoisotopic (exact) mass is 611 g/mol. The highest BCUT2D eigenvalue weighted by molar-refractivity contribution is 6.34. The predicted octanol–water partition coefficient (Wildman–Crippen LogP) is 5.53. The first-order valence-corrected chi connectivity index (χ1v) is 12.7. The van der Waals surface area contributed by atoms with Crippen molar-refractivity contribution in [3.8, 4) is 5.75 Å². The minimum Gasteiger partial charge on any atom is -0.495 e. The van der Waals surface area contributed by atoms with E-state index in [0.29, 0.717) is 0 Å². The number of rotatable bonds is 6. The van der Waals surface area contributed by atoms with Gasteiger partial charge in [0.2, 0.25) is 0 Å². The lowest BCUT2D eigenvalue weighted by atomic mass is 9.85. The third-order valence-corrected chi connectivity index (χ3v) is 7.12. The number of amides is 3. The molecule has 0 saturated heterocycles. The number of alkyl halides is 2. The normalized spacial score (nSPS) is 17.7. The summed E-state index contributed by atoms with van der Waals surface area (Å²) in [5.74, 6) is -6.03. The van der Waals surface area contributed by atoms with Crippen molar-refractivity contribution in [3.63, 3.8) is 0 Å². The van der Waals surface area contributed by atoms with Gasteiger partial charge in [-0.2, -0.15) is 0 Å². The van der Waals surface area contributed by atoms with Gasteiger partial charge in [-0.15, -0.1) is 0 Å². The average molecular weight is 612 g/mol. The zero-order valence-electron chi connectivity index (χ0n) is 21.2. The van der Waals surface area contributed by atoms with E-state index in [4.69, 9.17) is 33.0 Å². The molecule has 216 valence electrons. The van der Waals surface area contributed by atoms with Crippen LogP contribution in [0.5, 0.6) is 5.75 Å². The van der Waals surface area contributed by atoms with E-state index in [0.717, 1.165) is 23.1 Å². The third kappa shape index (κ3) is 5.90. The molecule has 9 nitrogen and oxygen atoms in total. The second-order valence-electron chi connectivity index (χ2n) is 9.09. The largest absolute Gasteiger partial charge is 0.495 e. The number of carboxylic acid groups (broad SMARTS) is 1. The second kappa shape index (κ2) is 11.5. The number of carbonyl (C=O) groups is 3. The van der Waals surface area contributed by atoms with Crippen LogP contribution in [0.3, 0.4) is 0 Å². The number of fused-ring (bicyclic) bond motifs is 1. The Bertz CT molecular complexity index is 1540. The maximum Gasteiger partial charge on any atom is 0.404 e. The van der Waals surface area contributed by atoms with Crippen molar-refractivity contribution in [3.05, 3.63) is 87.2 Å². The van der Waals surface area contributed by atoms with Crippen LogP contribution < -0.4 is 20.3 Å². The molecular weight excluding hydrogens is 590 g/mol. The molecule has 0 aromatic heterocycles. The lowest BCUT2D eigenvalue weighted by Gasteiger charge is -2.35. The lowest BCUT2D eigenvalue weighted by Crippen LogP contribution is -2.52. The summed E-state index contributed by atoms with van der Waals surface area (Å²) in [6.07, 6.45) is -2.64. The summed E-state index contributed by atoms with van der Waals surface area (Å²) in [6, 6.07) is 10.8. The van der Waals surface area contributed by atoms with Crippen molar-refractivity contribution in [2.45, 2.75) is 17.9 Å². The zero-order chi connectivity index (χ0) is 30.1. The van der Waals surface area contributed by atoms with Gasteiger partial charge < -0.3 is 30.5 Å². The van der Waals surface area contributed by atoms with E-state index < -0.39 is 60.3 Å². The number of ether oxygens (including phenoxy) is 1. The molecule has 3 aromatic rings. The smallest absolute Gasteiger partial charge is 0.404 e. The van der Waals surface area contributed by atoms with Gasteiger partial charge >= 0.3 is 6.09 Å². The van der Waals surface area contributed by atoms with E-state index in [1.807, 2.05) is 0 Å². The molecule has 0 spiro atoms. The van der Waals surface area contributed by atoms with Gasteiger partial charge in [-0.25, -0.2) is 18.0 Å². The molecule has 0 aliphatic carbocycles. The van der Waals surface area contributed by atoms with Gasteiger partial charge in [0.25, 0.3) is 17.7 Å². The SMILES string of the molecule is COc1cc(C(=O)N2CCC(F)(F)C(O)(CNC(=O)O)c3cc(Cl)ccc32)ccc1NC(=O)c1cc(F)ccc1Cl. The molecule has 4 N–H and O–H groups in total. The fourth-order valence-electron chi connectivity index (χ4n) is 4.43. The van der Waals surface area contributed by atoms with E-state index >= 15 is 8.78 Å². The molecule has 14 heteroatoms. The topological polar surface area (TPSA) is 128 Å². The number of hydrogen-bond donors (Lipinski definition) is 4. The molecule has 1 aliphatic rings. The standard InChI is InChI=1S/C27H22Cl2F3N3O6/c1-41-22-10-14(2-6-20(22)34-23(36)17-12-16(30)4-5-19(17)29)24(37)35-9-8-27(31,32)26(40,13-33-25(38)39)18-11-15(28)3-7-21(18)35/h2-7,10-12,33,40H,8-9,13H2,1H3,(H,34,36)(H,38,39). The Morgan fingerprint density at radius 1 is 1.07 bits per heavy atom. The molecule has 3 amide bonds. The predicted molar refractivity (Wildman–Crippen MR) is 145 cm³/mol. The van der Waals surface area contributed by atoms with E-state index in [2.05, 4.69) is 5.32 Å². The number of anilines is 2. The molecule has 1 atom stereocenters. The van der Waals surface area contributed by atoms with Crippen LogP contribution >= 0.6 is 23.2 Å². The van der Waals surface area contributed by atoms with Crippen LogP contribution in [-0.4, -0.2) is 54.2 Å². The van der Waals surface area contributed by atoms with E-state index in [9.17, 15) is 23.9 Å². The number of nitrogens with zero attached hydrogens (tertiary/aromatic N) is 1. The summed E-state index contributed by atoms with van der Waals surface area (Å²) in [5, 5.41) is 24.4. The van der Waals surface area contributed by atoms with E-state index in [-0.39, 0.29) is 38.3 Å². The number of halogens is 5. The van der Waals surface area contributed by atoms with Gasteiger partial charge in [0.15, 0.2) is 5.60 Å². The number of benzene rings is 3. The zero-order valence-corrected chi connectivity index (χ0v) is 22.7. The third-order valence-electron chi connectivity index (χ3n) is 6.56. The Balaban J connectivity index is 1.70. The van der Waals surface area contributed by atoms with Crippen molar-refractivity contribution in [2.75, 3.05) is 30.4 Å². The average Bonchev–Trinajstić information content (AvgIpc) is 3.01. The van der Waals surface area contributed by atoms with Crippen LogP contribution in [0.4, 0.5) is 29.3 Å². The minimum absolute atomic E-state index is 0.00455. The van der Waals surface area contributed by atoms with Crippen molar-refractivity contribution < 1.29 is 42.5 Å².